The molecule has 3 aromatic rings. The zero-order valence-corrected chi connectivity index (χ0v) is 21.9. The normalized spacial score (nSPS) is 12.6. The Bertz CT molecular complexity index is 1090. The molecule has 0 aliphatic rings. The molecule has 2 atom stereocenters. The Hall–Kier alpha value is -2.78. The van der Waals surface area contributed by atoms with Gasteiger partial charge in [0.15, 0.2) is 0 Å². The van der Waals surface area contributed by atoms with Crippen molar-refractivity contribution in [1.82, 2.24) is 15.5 Å². The highest BCUT2D eigenvalue weighted by Crippen LogP contribution is 2.27. The molecular weight excluding hydrogens is 516 g/mol. The maximum Gasteiger partial charge on any atom is 0.251 e. The SMILES string of the molecule is CCCCOc1ccc(C(=O)N[C@@H](C(=O)Nc2nnc(-c3ccc(Br)cc3)s2)[C@H](C)CC)cc1. The summed E-state index contributed by atoms with van der Waals surface area (Å²) in [7, 11) is 0. The third kappa shape index (κ3) is 7.11. The Morgan fingerprint density at radius 2 is 1.76 bits per heavy atom. The lowest BCUT2D eigenvalue weighted by Crippen LogP contribution is -2.47. The third-order valence-electron chi connectivity index (χ3n) is 5.41. The Morgan fingerprint density at radius 1 is 1.06 bits per heavy atom. The van der Waals surface area contributed by atoms with Crippen molar-refractivity contribution in [3.63, 3.8) is 0 Å². The summed E-state index contributed by atoms with van der Waals surface area (Å²) in [6.45, 7) is 6.67. The zero-order valence-electron chi connectivity index (χ0n) is 19.5. The van der Waals surface area contributed by atoms with Crippen LogP contribution in [0.4, 0.5) is 5.13 Å². The van der Waals surface area contributed by atoms with Crippen molar-refractivity contribution in [2.45, 2.75) is 46.1 Å². The van der Waals surface area contributed by atoms with E-state index in [1.54, 1.807) is 24.3 Å². The first kappa shape index (κ1) is 25.8. The number of rotatable bonds is 11. The predicted molar refractivity (Wildman–Crippen MR) is 139 cm³/mol. The van der Waals surface area contributed by atoms with Gasteiger partial charge in [0.25, 0.3) is 5.91 Å². The summed E-state index contributed by atoms with van der Waals surface area (Å²) in [6.07, 6.45) is 2.76. The van der Waals surface area contributed by atoms with Gasteiger partial charge in [-0.05, 0) is 48.7 Å². The summed E-state index contributed by atoms with van der Waals surface area (Å²) >= 11 is 4.70. The first-order valence-corrected chi connectivity index (χ1v) is 13.0. The van der Waals surface area contributed by atoms with Crippen molar-refractivity contribution in [3.05, 3.63) is 58.6 Å². The van der Waals surface area contributed by atoms with E-state index in [1.807, 2.05) is 38.1 Å². The Morgan fingerprint density at radius 3 is 2.41 bits per heavy atom. The summed E-state index contributed by atoms with van der Waals surface area (Å²) in [4.78, 5) is 25.9. The molecule has 1 heterocycles. The molecule has 0 unspecified atom stereocenters. The molecule has 0 saturated carbocycles. The number of aromatic nitrogens is 2. The standard InChI is InChI=1S/C25H29BrN4O3S/c1-4-6-15-33-20-13-9-17(10-14-20)22(31)27-21(16(3)5-2)23(32)28-25-30-29-24(34-25)18-7-11-19(26)12-8-18/h7-14,16,21H,4-6,15H2,1-3H3,(H,27,31)(H,28,30,32)/t16-,21-/m1/s1. The van der Waals surface area contributed by atoms with Crippen molar-refractivity contribution < 1.29 is 14.3 Å². The molecular formula is C25H29BrN4O3S. The number of halogens is 1. The van der Waals surface area contributed by atoms with Gasteiger partial charge >= 0.3 is 0 Å². The monoisotopic (exact) mass is 544 g/mol. The van der Waals surface area contributed by atoms with E-state index < -0.39 is 6.04 Å². The van der Waals surface area contributed by atoms with E-state index in [2.05, 4.69) is 43.7 Å². The van der Waals surface area contributed by atoms with E-state index in [9.17, 15) is 9.59 Å². The number of ether oxygens (including phenoxy) is 1. The number of unbranched alkanes of at least 4 members (excludes halogenated alkanes) is 1. The second kappa shape index (κ2) is 12.6. The van der Waals surface area contributed by atoms with Gasteiger partial charge < -0.3 is 10.1 Å². The molecule has 9 heteroatoms. The van der Waals surface area contributed by atoms with Gasteiger partial charge in [-0.15, -0.1) is 10.2 Å². The van der Waals surface area contributed by atoms with Gasteiger partial charge in [-0.3, -0.25) is 14.9 Å². The minimum atomic E-state index is -0.710. The molecule has 180 valence electrons. The summed E-state index contributed by atoms with van der Waals surface area (Å²) in [6, 6.07) is 14.0. The van der Waals surface area contributed by atoms with Crippen LogP contribution in [0.1, 0.15) is 50.4 Å². The molecule has 1 aromatic heterocycles. The lowest BCUT2D eigenvalue weighted by molar-refractivity contribution is -0.119. The lowest BCUT2D eigenvalue weighted by atomic mass is 9.98. The Labute approximate surface area is 212 Å². The topological polar surface area (TPSA) is 93.2 Å². The fourth-order valence-corrected chi connectivity index (χ4v) is 4.15. The van der Waals surface area contributed by atoms with Crippen molar-refractivity contribution >= 4 is 44.2 Å². The molecule has 34 heavy (non-hydrogen) atoms. The van der Waals surface area contributed by atoms with Crippen molar-refractivity contribution in [2.24, 2.45) is 5.92 Å². The van der Waals surface area contributed by atoms with E-state index in [1.165, 1.54) is 11.3 Å². The minimum absolute atomic E-state index is 0.0699. The van der Waals surface area contributed by atoms with Crippen molar-refractivity contribution in [1.29, 1.82) is 0 Å². The highest BCUT2D eigenvalue weighted by Gasteiger charge is 2.27. The predicted octanol–water partition coefficient (Wildman–Crippen LogP) is 5.93. The zero-order chi connectivity index (χ0) is 24.5. The molecule has 0 bridgehead atoms. The van der Waals surface area contributed by atoms with Crippen LogP contribution in [0.15, 0.2) is 53.0 Å². The highest BCUT2D eigenvalue weighted by molar-refractivity contribution is 9.10. The lowest BCUT2D eigenvalue weighted by Gasteiger charge is -2.23. The molecule has 2 aromatic carbocycles. The van der Waals surface area contributed by atoms with E-state index in [0.29, 0.717) is 22.3 Å². The third-order valence-corrected chi connectivity index (χ3v) is 6.83. The van der Waals surface area contributed by atoms with Crippen LogP contribution in [0.2, 0.25) is 0 Å². The smallest absolute Gasteiger partial charge is 0.251 e. The van der Waals surface area contributed by atoms with Crippen LogP contribution in [-0.4, -0.2) is 34.7 Å². The number of hydrogen-bond acceptors (Lipinski definition) is 6. The van der Waals surface area contributed by atoms with Gasteiger partial charge in [-0.1, -0.05) is 73.0 Å². The number of anilines is 1. The van der Waals surface area contributed by atoms with Crippen LogP contribution in [0.25, 0.3) is 10.6 Å². The maximum atomic E-state index is 13.1. The number of nitrogens with one attached hydrogen (secondary N) is 2. The van der Waals surface area contributed by atoms with Crippen LogP contribution in [0.3, 0.4) is 0 Å². The number of carbonyl (C=O) groups excluding carboxylic acids is 2. The van der Waals surface area contributed by atoms with Crippen LogP contribution in [-0.2, 0) is 4.79 Å². The van der Waals surface area contributed by atoms with Crippen LogP contribution in [0, 0.1) is 5.92 Å². The molecule has 3 rings (SSSR count). The second-order valence-corrected chi connectivity index (χ2v) is 9.86. The summed E-state index contributed by atoms with van der Waals surface area (Å²) in [5, 5.41) is 15.1. The molecule has 0 aliphatic carbocycles. The highest BCUT2D eigenvalue weighted by atomic mass is 79.9. The van der Waals surface area contributed by atoms with Gasteiger partial charge in [0.2, 0.25) is 11.0 Å². The average molecular weight is 546 g/mol. The van der Waals surface area contributed by atoms with Gasteiger partial charge in [-0.2, -0.15) is 0 Å². The molecule has 0 aliphatic heterocycles. The van der Waals surface area contributed by atoms with Gasteiger partial charge in [0.05, 0.1) is 6.61 Å². The quantitative estimate of drug-likeness (QED) is 0.292. The summed E-state index contributed by atoms with van der Waals surface area (Å²) in [5.41, 5.74) is 1.38. The summed E-state index contributed by atoms with van der Waals surface area (Å²) < 4.78 is 6.62. The molecule has 0 spiro atoms. The molecule has 0 fully saturated rings. The molecule has 0 saturated heterocycles. The average Bonchev–Trinajstić information content (AvgIpc) is 3.31. The van der Waals surface area contributed by atoms with Gasteiger partial charge in [0.1, 0.15) is 16.8 Å². The number of hydrogen-bond donors (Lipinski definition) is 2. The van der Waals surface area contributed by atoms with Crippen LogP contribution < -0.4 is 15.4 Å². The van der Waals surface area contributed by atoms with Gasteiger partial charge in [-0.25, -0.2) is 0 Å². The fourth-order valence-electron chi connectivity index (χ4n) is 3.13. The Balaban J connectivity index is 1.65. The van der Waals surface area contributed by atoms with E-state index in [4.69, 9.17) is 4.74 Å². The number of benzene rings is 2. The summed E-state index contributed by atoms with van der Waals surface area (Å²) in [5.74, 6) is 0.0210. The van der Waals surface area contributed by atoms with E-state index >= 15 is 0 Å². The van der Waals surface area contributed by atoms with Crippen molar-refractivity contribution in [3.8, 4) is 16.3 Å². The van der Waals surface area contributed by atoms with E-state index in [-0.39, 0.29) is 17.7 Å². The van der Waals surface area contributed by atoms with Crippen molar-refractivity contribution in [2.75, 3.05) is 11.9 Å². The second-order valence-electron chi connectivity index (χ2n) is 7.97. The maximum absolute atomic E-state index is 13.1. The Kier molecular flexibility index (Phi) is 9.59. The number of amides is 2. The molecule has 2 N–H and O–H groups in total. The first-order chi connectivity index (χ1) is 16.4. The fraction of sp³-hybridized carbons (Fsp3) is 0.360. The van der Waals surface area contributed by atoms with E-state index in [0.717, 1.165) is 35.0 Å². The van der Waals surface area contributed by atoms with Gasteiger partial charge in [0, 0.05) is 15.6 Å². The van der Waals surface area contributed by atoms with Crippen LogP contribution >= 0.6 is 27.3 Å². The number of nitrogens with zero attached hydrogens (tertiary/aromatic N) is 2. The van der Waals surface area contributed by atoms with Crippen LogP contribution in [0.5, 0.6) is 5.75 Å². The largest absolute Gasteiger partial charge is 0.494 e. The molecule has 2 amide bonds. The first-order valence-electron chi connectivity index (χ1n) is 11.3. The molecule has 7 nitrogen and oxygen atoms in total. The number of carbonyl (C=O) groups is 2. The minimum Gasteiger partial charge on any atom is -0.494 e. The molecule has 0 radical (unpaired) electrons.